The van der Waals surface area contributed by atoms with Gasteiger partial charge in [-0.15, -0.1) is 0 Å². The van der Waals surface area contributed by atoms with Gasteiger partial charge in [-0.2, -0.15) is 0 Å². The van der Waals surface area contributed by atoms with Crippen molar-refractivity contribution in [3.05, 3.63) is 11.3 Å². The van der Waals surface area contributed by atoms with E-state index >= 15 is 0 Å². The summed E-state index contributed by atoms with van der Waals surface area (Å²) in [5, 5.41) is 1.17. The lowest BCUT2D eigenvalue weighted by Crippen LogP contribution is -2.37. The Labute approximate surface area is 151 Å². The van der Waals surface area contributed by atoms with Crippen LogP contribution in [-0.4, -0.2) is 46.8 Å². The smallest absolute Gasteiger partial charge is 0.320 e. The number of ether oxygens (including phenoxy) is 3. The highest BCUT2D eigenvalue weighted by atomic mass is 28.3. The maximum absolute atomic E-state index is 11.8. The van der Waals surface area contributed by atoms with E-state index in [0.717, 1.165) is 18.1 Å². The van der Waals surface area contributed by atoms with Crippen LogP contribution < -0.4 is 0 Å². The Hall–Kier alpha value is -1.63. The van der Waals surface area contributed by atoms with Gasteiger partial charge in [0.25, 0.3) is 0 Å². The van der Waals surface area contributed by atoms with Gasteiger partial charge in [-0.1, -0.05) is 45.0 Å². The molecule has 0 amide bonds. The zero-order valence-corrected chi connectivity index (χ0v) is 17.3. The van der Waals surface area contributed by atoms with Gasteiger partial charge in [-0.3, -0.25) is 14.4 Å². The summed E-state index contributed by atoms with van der Waals surface area (Å²) in [6.45, 7) is 8.21. The highest BCUT2D eigenvalue weighted by Gasteiger charge is 2.32. The molecule has 0 bridgehead atoms. The van der Waals surface area contributed by atoms with Crippen molar-refractivity contribution in [3.8, 4) is 0 Å². The Kier molecular flexibility index (Phi) is 11.1. The maximum atomic E-state index is 11.8. The van der Waals surface area contributed by atoms with Crippen LogP contribution in [-0.2, 0) is 28.6 Å². The van der Waals surface area contributed by atoms with Crippen molar-refractivity contribution in [3.63, 3.8) is 0 Å². The molecule has 0 aliphatic rings. The molecule has 7 heteroatoms. The van der Waals surface area contributed by atoms with Crippen molar-refractivity contribution >= 4 is 26.0 Å². The molecule has 0 aromatic rings. The van der Waals surface area contributed by atoms with Crippen LogP contribution in [0.1, 0.15) is 40.5 Å². The van der Waals surface area contributed by atoms with Gasteiger partial charge in [-0.05, 0) is 18.0 Å². The van der Waals surface area contributed by atoms with Gasteiger partial charge in [0.1, 0.15) is 6.61 Å². The molecule has 0 spiro atoms. The molecule has 0 atom stereocenters. The highest BCUT2D eigenvalue weighted by molar-refractivity contribution is 6.86. The Morgan fingerprint density at radius 3 is 1.80 bits per heavy atom. The van der Waals surface area contributed by atoms with Gasteiger partial charge in [0, 0.05) is 6.92 Å². The molecule has 0 aromatic carbocycles. The molecule has 0 rings (SSSR count). The number of esters is 3. The summed E-state index contributed by atoms with van der Waals surface area (Å²) >= 11 is 0. The van der Waals surface area contributed by atoms with Gasteiger partial charge in [0.15, 0.2) is 5.92 Å². The highest BCUT2D eigenvalue weighted by Crippen LogP contribution is 2.30. The van der Waals surface area contributed by atoms with Crippen LogP contribution in [0.3, 0.4) is 0 Å². The lowest BCUT2D eigenvalue weighted by molar-refractivity contribution is -0.159. The number of allylic oxidation sites excluding steroid dienone is 1. The summed E-state index contributed by atoms with van der Waals surface area (Å²) < 4.78 is 14.6. The number of hydrogen-bond donors (Lipinski definition) is 0. The van der Waals surface area contributed by atoms with Gasteiger partial charge in [0.05, 0.1) is 22.3 Å². The van der Waals surface area contributed by atoms with Crippen molar-refractivity contribution < 1.29 is 28.6 Å². The summed E-state index contributed by atoms with van der Waals surface area (Å²) in [6, 6.07) is 3.18. The molecule has 144 valence electrons. The van der Waals surface area contributed by atoms with Crippen molar-refractivity contribution in [2.45, 2.75) is 58.7 Å². The summed E-state index contributed by atoms with van der Waals surface area (Å²) in [5.41, 5.74) is 0. The molecule has 0 radical (unpaired) electrons. The Morgan fingerprint density at radius 1 is 0.960 bits per heavy atom. The second kappa shape index (κ2) is 11.8. The monoisotopic (exact) mass is 372 g/mol. The fraction of sp³-hybridized carbons (Fsp3) is 0.722. The zero-order valence-electron chi connectivity index (χ0n) is 16.3. The first kappa shape index (κ1) is 23.4. The summed E-state index contributed by atoms with van der Waals surface area (Å²) in [5.74, 6) is -2.42. The fourth-order valence-corrected chi connectivity index (χ4v) is 6.90. The standard InChI is InChI=1S/C18H32O6Si/c1-7-25(8-2,9-3)15(13-24-14(4)19)11-10-12-16(17(20)22-5)18(21)23-6/h11,16H,7-10,12-13H2,1-6H3/b15-11-. The SMILES string of the molecule is CC[Si](CC)(CC)/C(=C\CCC(C(=O)OC)C(=O)OC)COC(C)=O. The fourth-order valence-electron chi connectivity index (χ4n) is 3.08. The number of carbonyl (C=O) groups is 3. The summed E-state index contributed by atoms with van der Waals surface area (Å²) in [7, 11) is 0.802. The molecule has 0 saturated carbocycles. The van der Waals surface area contributed by atoms with Gasteiger partial charge in [0.2, 0.25) is 0 Å². The lowest BCUT2D eigenvalue weighted by atomic mass is 10.0. The minimum absolute atomic E-state index is 0.290. The van der Waals surface area contributed by atoms with Crippen LogP contribution in [0.5, 0.6) is 0 Å². The van der Waals surface area contributed by atoms with E-state index in [0.29, 0.717) is 12.8 Å². The van der Waals surface area contributed by atoms with Gasteiger partial charge < -0.3 is 14.2 Å². The maximum Gasteiger partial charge on any atom is 0.320 e. The summed E-state index contributed by atoms with van der Waals surface area (Å²) in [4.78, 5) is 34.8. The molecule has 0 heterocycles. The largest absolute Gasteiger partial charge is 0.468 e. The van der Waals surface area contributed by atoms with E-state index < -0.39 is 25.9 Å². The van der Waals surface area contributed by atoms with E-state index in [9.17, 15) is 14.4 Å². The van der Waals surface area contributed by atoms with E-state index in [1.54, 1.807) is 0 Å². The minimum Gasteiger partial charge on any atom is -0.468 e. The average molecular weight is 373 g/mol. The van der Waals surface area contributed by atoms with Crippen LogP contribution in [0.4, 0.5) is 0 Å². The third-order valence-corrected chi connectivity index (χ3v) is 10.7. The second-order valence-electron chi connectivity index (χ2n) is 6.03. The van der Waals surface area contributed by atoms with E-state index in [1.807, 2.05) is 6.08 Å². The lowest BCUT2D eigenvalue weighted by Gasteiger charge is -2.31. The predicted octanol–water partition coefficient (Wildman–Crippen LogP) is 3.27. The number of carbonyl (C=O) groups excluding carboxylic acids is 3. The van der Waals surface area contributed by atoms with Crippen LogP contribution >= 0.6 is 0 Å². The molecule has 6 nitrogen and oxygen atoms in total. The van der Waals surface area contributed by atoms with E-state index in [1.165, 1.54) is 26.3 Å². The first-order valence-electron chi connectivity index (χ1n) is 8.80. The number of methoxy groups -OCH3 is 2. The predicted molar refractivity (Wildman–Crippen MR) is 98.7 cm³/mol. The molecular formula is C18H32O6Si. The number of hydrogen-bond acceptors (Lipinski definition) is 6. The molecule has 0 aliphatic carbocycles. The van der Waals surface area contributed by atoms with Crippen LogP contribution in [0.25, 0.3) is 0 Å². The Bertz CT molecular complexity index is 458. The Balaban J connectivity index is 5.33. The molecule has 0 aromatic heterocycles. The van der Waals surface area contributed by atoms with E-state index in [4.69, 9.17) is 4.74 Å². The molecule has 0 N–H and O–H groups in total. The normalized spacial score (nSPS) is 12.0. The molecule has 0 unspecified atom stereocenters. The molecule has 25 heavy (non-hydrogen) atoms. The summed E-state index contributed by atoms with van der Waals surface area (Å²) in [6.07, 6.45) is 2.88. The van der Waals surface area contributed by atoms with E-state index in [2.05, 4.69) is 30.2 Å². The first-order chi connectivity index (χ1) is 11.8. The average Bonchev–Trinajstić information content (AvgIpc) is 2.62. The number of rotatable bonds is 11. The topological polar surface area (TPSA) is 78.9 Å². The van der Waals surface area contributed by atoms with Crippen molar-refractivity contribution in [1.82, 2.24) is 0 Å². The van der Waals surface area contributed by atoms with Crippen LogP contribution in [0.15, 0.2) is 11.3 Å². The van der Waals surface area contributed by atoms with Crippen molar-refractivity contribution in [2.24, 2.45) is 5.92 Å². The quantitative estimate of drug-likeness (QED) is 0.240. The third kappa shape index (κ3) is 7.02. The van der Waals surface area contributed by atoms with Crippen molar-refractivity contribution in [2.75, 3.05) is 20.8 Å². The van der Waals surface area contributed by atoms with Gasteiger partial charge >= 0.3 is 17.9 Å². The zero-order chi connectivity index (χ0) is 19.5. The van der Waals surface area contributed by atoms with Crippen molar-refractivity contribution in [1.29, 1.82) is 0 Å². The molecule has 0 fully saturated rings. The van der Waals surface area contributed by atoms with E-state index in [-0.39, 0.29) is 12.6 Å². The first-order valence-corrected chi connectivity index (χ1v) is 11.4. The van der Waals surface area contributed by atoms with Crippen LogP contribution in [0, 0.1) is 5.92 Å². The molecule has 0 saturated heterocycles. The second-order valence-corrected chi connectivity index (χ2v) is 11.4. The Morgan fingerprint density at radius 2 is 1.44 bits per heavy atom. The van der Waals surface area contributed by atoms with Crippen LogP contribution in [0.2, 0.25) is 18.1 Å². The molecular weight excluding hydrogens is 340 g/mol. The minimum atomic E-state index is -1.71. The molecule has 0 aliphatic heterocycles. The van der Waals surface area contributed by atoms with Gasteiger partial charge in [-0.25, -0.2) is 0 Å². The third-order valence-electron chi connectivity index (χ3n) is 4.96.